The van der Waals surface area contributed by atoms with Crippen LogP contribution in [-0.4, -0.2) is 52.1 Å². The van der Waals surface area contributed by atoms with Crippen molar-refractivity contribution in [2.75, 3.05) is 33.5 Å². The molecule has 0 N–H and O–H groups in total. The molecule has 0 aromatic heterocycles. The average molecular weight is 282 g/mol. The Morgan fingerprint density at radius 2 is 2.10 bits per heavy atom. The van der Waals surface area contributed by atoms with Crippen molar-refractivity contribution in [3.05, 3.63) is 35.9 Å². The fourth-order valence-corrected chi connectivity index (χ4v) is 1.67. The quantitative estimate of drug-likeness (QED) is 0.553. The number of carbonyl (C=O) groups excluding carboxylic acids is 1. The Bertz CT molecular complexity index is 407. The van der Waals surface area contributed by atoms with Gasteiger partial charge in [0.25, 0.3) is 0 Å². The molecule has 0 amide bonds. The van der Waals surface area contributed by atoms with E-state index in [1.54, 1.807) is 31.4 Å². The molecule has 0 aliphatic carbocycles. The van der Waals surface area contributed by atoms with Crippen LogP contribution in [0.15, 0.2) is 30.3 Å². The van der Waals surface area contributed by atoms with Crippen molar-refractivity contribution in [3.8, 4) is 0 Å². The van der Waals surface area contributed by atoms with Crippen molar-refractivity contribution >= 4 is 5.97 Å². The third kappa shape index (κ3) is 4.57. The van der Waals surface area contributed by atoms with E-state index in [0.717, 1.165) is 0 Å². The lowest BCUT2D eigenvalue weighted by molar-refractivity contribution is -0.160. The van der Waals surface area contributed by atoms with Crippen LogP contribution in [0, 0.1) is 0 Å². The number of carbonyl (C=O) groups is 1. The summed E-state index contributed by atoms with van der Waals surface area (Å²) in [6, 6.07) is 8.77. The smallest absolute Gasteiger partial charge is 0.338 e. The molecule has 0 radical (unpaired) electrons. The fourth-order valence-electron chi connectivity index (χ4n) is 1.67. The van der Waals surface area contributed by atoms with Gasteiger partial charge in [-0.3, -0.25) is 0 Å². The highest BCUT2D eigenvalue weighted by Crippen LogP contribution is 2.13. The van der Waals surface area contributed by atoms with Crippen LogP contribution >= 0.6 is 0 Å². The lowest BCUT2D eigenvalue weighted by atomic mass is 10.2. The maximum Gasteiger partial charge on any atom is 0.338 e. The van der Waals surface area contributed by atoms with Gasteiger partial charge < -0.3 is 23.7 Å². The number of methoxy groups -OCH3 is 1. The van der Waals surface area contributed by atoms with Crippen molar-refractivity contribution in [2.24, 2.45) is 0 Å². The van der Waals surface area contributed by atoms with Gasteiger partial charge in [-0.2, -0.15) is 0 Å². The first-order valence-electron chi connectivity index (χ1n) is 6.39. The van der Waals surface area contributed by atoms with Crippen LogP contribution in [0.25, 0.3) is 0 Å². The Labute approximate surface area is 117 Å². The summed E-state index contributed by atoms with van der Waals surface area (Å²) in [5.74, 6) is -0.401. The first-order chi connectivity index (χ1) is 9.79. The van der Waals surface area contributed by atoms with E-state index in [0.29, 0.717) is 25.4 Å². The minimum atomic E-state index is -0.588. The summed E-state index contributed by atoms with van der Waals surface area (Å²) in [5.41, 5.74) is 0.499. The highest BCUT2D eigenvalue weighted by atomic mass is 16.8. The normalized spacial score (nSPS) is 21.9. The summed E-state index contributed by atoms with van der Waals surface area (Å²) in [7, 11) is 1.60. The second-order valence-electron chi connectivity index (χ2n) is 4.16. The maximum atomic E-state index is 11.7. The van der Waals surface area contributed by atoms with E-state index in [1.807, 2.05) is 6.07 Å². The van der Waals surface area contributed by atoms with Gasteiger partial charge in [0.2, 0.25) is 0 Å². The molecule has 2 rings (SSSR count). The predicted octanol–water partition coefficient (Wildman–Crippen LogP) is 1.21. The molecule has 1 heterocycles. The first-order valence-corrected chi connectivity index (χ1v) is 6.39. The van der Waals surface area contributed by atoms with Gasteiger partial charge in [0, 0.05) is 7.11 Å². The van der Waals surface area contributed by atoms with E-state index >= 15 is 0 Å². The molecule has 1 aromatic rings. The van der Waals surface area contributed by atoms with Gasteiger partial charge in [-0.15, -0.1) is 0 Å². The molecular formula is C14H18O6. The zero-order chi connectivity index (χ0) is 14.2. The van der Waals surface area contributed by atoms with E-state index in [2.05, 4.69) is 0 Å². The Balaban J connectivity index is 1.67. The second-order valence-corrected chi connectivity index (χ2v) is 4.16. The molecule has 2 atom stereocenters. The molecule has 0 saturated carbocycles. The third-order valence-electron chi connectivity index (χ3n) is 2.67. The van der Waals surface area contributed by atoms with E-state index in [-0.39, 0.29) is 6.61 Å². The molecule has 0 unspecified atom stereocenters. The Morgan fingerprint density at radius 3 is 2.85 bits per heavy atom. The molecular weight excluding hydrogens is 264 g/mol. The molecule has 6 heteroatoms. The molecule has 1 saturated heterocycles. The van der Waals surface area contributed by atoms with Crippen LogP contribution in [0.3, 0.4) is 0 Å². The zero-order valence-corrected chi connectivity index (χ0v) is 11.3. The van der Waals surface area contributed by atoms with Gasteiger partial charge in [0.1, 0.15) is 13.2 Å². The number of esters is 1. The van der Waals surface area contributed by atoms with E-state index in [4.69, 9.17) is 23.7 Å². The fraction of sp³-hybridized carbons (Fsp3) is 0.500. The van der Waals surface area contributed by atoms with Crippen LogP contribution in [0.5, 0.6) is 0 Å². The van der Waals surface area contributed by atoms with Crippen LogP contribution in [0.2, 0.25) is 0 Å². The highest BCUT2D eigenvalue weighted by Gasteiger charge is 2.27. The zero-order valence-electron chi connectivity index (χ0n) is 11.3. The number of rotatable bonds is 7. The number of benzene rings is 1. The van der Waals surface area contributed by atoms with Gasteiger partial charge in [0.15, 0.2) is 12.6 Å². The standard InChI is InChI=1S/C14H18O6/c1-16-7-8-17-12-9-18-13(20-12)10-19-14(15)11-5-3-2-4-6-11/h2-6,12-13H,7-10H2,1H3/t12-,13+/m0/s1. The second kappa shape index (κ2) is 7.96. The van der Waals surface area contributed by atoms with E-state index in [1.165, 1.54) is 0 Å². The van der Waals surface area contributed by atoms with Crippen molar-refractivity contribution in [3.63, 3.8) is 0 Å². The predicted molar refractivity (Wildman–Crippen MR) is 69.2 cm³/mol. The summed E-state index contributed by atoms with van der Waals surface area (Å²) in [6.45, 7) is 1.28. The Hall–Kier alpha value is -1.47. The molecule has 1 aliphatic heterocycles. The summed E-state index contributed by atoms with van der Waals surface area (Å²) >= 11 is 0. The van der Waals surface area contributed by atoms with E-state index < -0.39 is 18.5 Å². The van der Waals surface area contributed by atoms with E-state index in [9.17, 15) is 4.79 Å². The first kappa shape index (κ1) is 14.9. The lowest BCUT2D eigenvalue weighted by Gasteiger charge is -2.12. The van der Waals surface area contributed by atoms with Crippen LogP contribution in [-0.2, 0) is 23.7 Å². The molecule has 6 nitrogen and oxygen atoms in total. The number of hydrogen-bond donors (Lipinski definition) is 0. The average Bonchev–Trinajstić information content (AvgIpc) is 2.94. The molecule has 1 aromatic carbocycles. The van der Waals surface area contributed by atoms with Crippen LogP contribution < -0.4 is 0 Å². The highest BCUT2D eigenvalue weighted by molar-refractivity contribution is 5.89. The summed E-state index contributed by atoms with van der Waals surface area (Å²) in [4.78, 5) is 11.7. The van der Waals surface area contributed by atoms with Gasteiger partial charge in [-0.05, 0) is 12.1 Å². The minimum Gasteiger partial charge on any atom is -0.457 e. The molecule has 20 heavy (non-hydrogen) atoms. The van der Waals surface area contributed by atoms with Crippen molar-refractivity contribution in [1.29, 1.82) is 0 Å². The summed E-state index contributed by atoms with van der Waals surface area (Å²) in [5, 5.41) is 0. The molecule has 0 spiro atoms. The van der Waals surface area contributed by atoms with Crippen LogP contribution in [0.4, 0.5) is 0 Å². The van der Waals surface area contributed by atoms with Gasteiger partial charge >= 0.3 is 5.97 Å². The third-order valence-corrected chi connectivity index (χ3v) is 2.67. The van der Waals surface area contributed by atoms with Gasteiger partial charge in [0.05, 0.1) is 18.8 Å². The van der Waals surface area contributed by atoms with Crippen molar-refractivity contribution in [1.82, 2.24) is 0 Å². The SMILES string of the molecule is COCCO[C@@H]1CO[C@@H](COC(=O)c2ccccc2)O1. The summed E-state index contributed by atoms with van der Waals surface area (Å²) < 4.78 is 26.1. The largest absolute Gasteiger partial charge is 0.457 e. The summed E-state index contributed by atoms with van der Waals surface area (Å²) in [6.07, 6.45) is -1.03. The Morgan fingerprint density at radius 1 is 1.30 bits per heavy atom. The molecule has 1 fully saturated rings. The maximum absolute atomic E-state index is 11.7. The Kier molecular flexibility index (Phi) is 5.94. The van der Waals surface area contributed by atoms with Gasteiger partial charge in [-0.25, -0.2) is 4.79 Å². The van der Waals surface area contributed by atoms with Crippen molar-refractivity contribution in [2.45, 2.75) is 12.6 Å². The van der Waals surface area contributed by atoms with Crippen LogP contribution in [0.1, 0.15) is 10.4 Å². The monoisotopic (exact) mass is 282 g/mol. The molecule has 1 aliphatic rings. The number of hydrogen-bond acceptors (Lipinski definition) is 6. The number of ether oxygens (including phenoxy) is 5. The minimum absolute atomic E-state index is 0.0395. The van der Waals surface area contributed by atoms with Gasteiger partial charge in [-0.1, -0.05) is 18.2 Å². The lowest BCUT2D eigenvalue weighted by Crippen LogP contribution is -2.22. The molecule has 0 bridgehead atoms. The van der Waals surface area contributed by atoms with Crippen molar-refractivity contribution < 1.29 is 28.5 Å². The topological polar surface area (TPSA) is 63.2 Å². The molecule has 110 valence electrons.